The Bertz CT molecular complexity index is 317. The van der Waals surface area contributed by atoms with Gasteiger partial charge in [-0.3, -0.25) is 5.43 Å². The maximum absolute atomic E-state index is 11.7. The van der Waals surface area contributed by atoms with Gasteiger partial charge in [0.2, 0.25) is 0 Å². The molecular weight excluding hydrogens is 236 g/mol. The lowest BCUT2D eigenvalue weighted by atomic mass is 10.00. The highest BCUT2D eigenvalue weighted by Gasteiger charge is 2.25. The quantitative estimate of drug-likeness (QED) is 0.817. The van der Waals surface area contributed by atoms with E-state index in [4.69, 9.17) is 0 Å². The van der Waals surface area contributed by atoms with E-state index in [1.165, 1.54) is 19.3 Å². The van der Waals surface area contributed by atoms with Crippen LogP contribution in [0.3, 0.4) is 0 Å². The largest absolute Gasteiger partial charge is 0.254 e. The van der Waals surface area contributed by atoms with Crippen molar-refractivity contribution in [3.8, 4) is 0 Å². The molecule has 0 spiro atoms. The van der Waals surface area contributed by atoms with Crippen LogP contribution in [0.1, 0.15) is 47.0 Å². The van der Waals surface area contributed by atoms with Crippen molar-refractivity contribution in [3.05, 3.63) is 0 Å². The molecule has 1 saturated heterocycles. The molecule has 1 aliphatic heterocycles. The van der Waals surface area contributed by atoms with Crippen LogP contribution in [0.25, 0.3) is 0 Å². The Morgan fingerprint density at radius 2 is 1.76 bits per heavy atom. The van der Waals surface area contributed by atoms with Crippen LogP contribution in [0.15, 0.2) is 0 Å². The van der Waals surface area contributed by atoms with Gasteiger partial charge < -0.3 is 0 Å². The fraction of sp³-hybridized carbons (Fsp3) is 1.00. The minimum Gasteiger partial charge on any atom is -0.254 e. The Morgan fingerprint density at radius 1 is 1.24 bits per heavy atom. The zero-order chi connectivity index (χ0) is 13.1. The third-order valence-electron chi connectivity index (χ3n) is 3.59. The summed E-state index contributed by atoms with van der Waals surface area (Å²) in [5, 5.41) is 1.94. The van der Waals surface area contributed by atoms with E-state index in [0.717, 1.165) is 0 Å². The summed E-state index contributed by atoms with van der Waals surface area (Å²) in [5.41, 5.74) is 3.29. The lowest BCUT2D eigenvalue weighted by Gasteiger charge is -2.39. The van der Waals surface area contributed by atoms with E-state index >= 15 is 0 Å². The van der Waals surface area contributed by atoms with Gasteiger partial charge in [0.1, 0.15) is 0 Å². The first-order chi connectivity index (χ1) is 7.84. The fourth-order valence-corrected chi connectivity index (χ4v) is 3.13. The number of hydrogen-bond donors (Lipinski definition) is 1. The zero-order valence-corrected chi connectivity index (χ0v) is 12.3. The lowest BCUT2D eigenvalue weighted by molar-refractivity contribution is 0.0490. The Hall–Kier alpha value is -0.130. The molecule has 0 radical (unpaired) electrons. The molecule has 2 unspecified atom stereocenters. The summed E-state index contributed by atoms with van der Waals surface area (Å²) in [6.07, 6.45) is 3.65. The summed E-state index contributed by atoms with van der Waals surface area (Å²) in [7, 11) is -2.92. The van der Waals surface area contributed by atoms with Crippen molar-refractivity contribution in [2.24, 2.45) is 0 Å². The van der Waals surface area contributed by atoms with E-state index in [1.807, 2.05) is 0 Å². The van der Waals surface area contributed by atoms with Crippen molar-refractivity contribution in [2.75, 3.05) is 12.3 Å². The lowest BCUT2D eigenvalue weighted by Crippen LogP contribution is -2.53. The molecule has 1 rings (SSSR count). The van der Waals surface area contributed by atoms with Crippen molar-refractivity contribution in [2.45, 2.75) is 64.3 Å². The van der Waals surface area contributed by atoms with Crippen molar-refractivity contribution in [1.82, 2.24) is 10.4 Å². The Kier molecular flexibility index (Phi) is 5.41. The number of sulfone groups is 1. The van der Waals surface area contributed by atoms with Crippen molar-refractivity contribution >= 4 is 9.84 Å². The topological polar surface area (TPSA) is 49.4 Å². The van der Waals surface area contributed by atoms with E-state index in [9.17, 15) is 8.42 Å². The molecule has 0 aromatic rings. The normalized spacial score (nSPS) is 27.6. The Labute approximate surface area is 106 Å². The van der Waals surface area contributed by atoms with E-state index in [0.29, 0.717) is 18.6 Å². The minimum atomic E-state index is -2.92. The molecule has 1 fully saturated rings. The Balaban J connectivity index is 2.40. The monoisotopic (exact) mass is 262 g/mol. The average molecular weight is 262 g/mol. The first kappa shape index (κ1) is 14.9. The average Bonchev–Trinajstić information content (AvgIpc) is 2.22. The van der Waals surface area contributed by atoms with E-state index in [1.54, 1.807) is 13.8 Å². The van der Waals surface area contributed by atoms with E-state index in [-0.39, 0.29) is 11.0 Å². The predicted octanol–water partition coefficient (Wildman–Crippen LogP) is 1.58. The van der Waals surface area contributed by atoms with Crippen LogP contribution in [0.4, 0.5) is 0 Å². The van der Waals surface area contributed by atoms with Crippen molar-refractivity contribution < 1.29 is 8.42 Å². The fourth-order valence-electron chi connectivity index (χ4n) is 2.29. The van der Waals surface area contributed by atoms with Crippen LogP contribution in [-0.4, -0.2) is 43.1 Å². The van der Waals surface area contributed by atoms with Crippen LogP contribution in [0, 0.1) is 0 Å². The van der Waals surface area contributed by atoms with Gasteiger partial charge in [0.15, 0.2) is 9.84 Å². The molecule has 1 N–H and O–H groups in total. The van der Waals surface area contributed by atoms with Gasteiger partial charge >= 0.3 is 0 Å². The van der Waals surface area contributed by atoms with Gasteiger partial charge in [-0.25, -0.2) is 13.4 Å². The van der Waals surface area contributed by atoms with Crippen LogP contribution in [0.2, 0.25) is 0 Å². The van der Waals surface area contributed by atoms with Crippen molar-refractivity contribution in [1.29, 1.82) is 0 Å². The summed E-state index contributed by atoms with van der Waals surface area (Å²) in [4.78, 5) is 0. The molecule has 1 aliphatic rings. The summed E-state index contributed by atoms with van der Waals surface area (Å²) < 4.78 is 23.4. The minimum absolute atomic E-state index is 0.223. The van der Waals surface area contributed by atoms with Gasteiger partial charge in [-0.1, -0.05) is 6.42 Å². The van der Waals surface area contributed by atoms with Crippen LogP contribution >= 0.6 is 0 Å². The third kappa shape index (κ3) is 4.23. The molecule has 2 atom stereocenters. The summed E-state index contributed by atoms with van der Waals surface area (Å²) in [6.45, 7) is 8.39. The highest BCUT2D eigenvalue weighted by molar-refractivity contribution is 7.92. The number of hydrazine groups is 1. The number of rotatable bonds is 5. The maximum atomic E-state index is 11.7. The van der Waals surface area contributed by atoms with Gasteiger partial charge in [-0.15, -0.1) is 0 Å². The standard InChI is InChI=1S/C12H26N2O2S/c1-10(2)17(15,16)9-8-13-14-11(3)6-5-7-12(14)4/h10-13H,5-9H2,1-4H3. The zero-order valence-electron chi connectivity index (χ0n) is 11.4. The molecule has 5 heteroatoms. The molecule has 0 aromatic carbocycles. The molecule has 0 bridgehead atoms. The smallest absolute Gasteiger partial charge is 0.153 e. The summed E-state index contributed by atoms with van der Waals surface area (Å²) >= 11 is 0. The molecule has 0 saturated carbocycles. The predicted molar refractivity (Wildman–Crippen MR) is 71.5 cm³/mol. The molecule has 17 heavy (non-hydrogen) atoms. The van der Waals surface area contributed by atoms with Crippen LogP contribution in [-0.2, 0) is 9.84 Å². The van der Waals surface area contributed by atoms with Gasteiger partial charge in [0, 0.05) is 18.6 Å². The van der Waals surface area contributed by atoms with E-state index in [2.05, 4.69) is 24.3 Å². The maximum Gasteiger partial charge on any atom is 0.153 e. The molecular formula is C12H26N2O2S. The SMILES string of the molecule is CC1CCCC(C)N1NCCS(=O)(=O)C(C)C. The second kappa shape index (κ2) is 6.16. The van der Waals surface area contributed by atoms with Gasteiger partial charge in [0.05, 0.1) is 11.0 Å². The van der Waals surface area contributed by atoms with E-state index < -0.39 is 9.84 Å². The molecule has 4 nitrogen and oxygen atoms in total. The number of hydrogen-bond acceptors (Lipinski definition) is 4. The number of piperidine rings is 1. The van der Waals surface area contributed by atoms with Crippen molar-refractivity contribution in [3.63, 3.8) is 0 Å². The summed E-state index contributed by atoms with van der Waals surface area (Å²) in [6, 6.07) is 1.00. The van der Waals surface area contributed by atoms with Crippen LogP contribution in [0.5, 0.6) is 0 Å². The highest BCUT2D eigenvalue weighted by atomic mass is 32.2. The first-order valence-electron chi connectivity index (χ1n) is 6.58. The number of nitrogens with one attached hydrogen (secondary N) is 1. The summed E-state index contributed by atoms with van der Waals surface area (Å²) in [5.74, 6) is 0.223. The number of nitrogens with zero attached hydrogens (tertiary/aromatic N) is 1. The second-order valence-corrected chi connectivity index (χ2v) is 8.04. The second-order valence-electron chi connectivity index (χ2n) is 5.36. The molecule has 102 valence electrons. The highest BCUT2D eigenvalue weighted by Crippen LogP contribution is 2.19. The van der Waals surface area contributed by atoms with Gasteiger partial charge in [-0.05, 0) is 40.5 Å². The Morgan fingerprint density at radius 3 is 2.24 bits per heavy atom. The van der Waals surface area contributed by atoms with Gasteiger partial charge in [-0.2, -0.15) is 0 Å². The third-order valence-corrected chi connectivity index (χ3v) is 5.80. The molecule has 0 aromatic heterocycles. The molecule has 0 amide bonds. The van der Waals surface area contributed by atoms with Crippen LogP contribution < -0.4 is 5.43 Å². The molecule has 0 aliphatic carbocycles. The van der Waals surface area contributed by atoms with Gasteiger partial charge in [0.25, 0.3) is 0 Å². The molecule has 1 heterocycles. The first-order valence-corrected chi connectivity index (χ1v) is 8.29.